The molecule has 226 valence electrons. The van der Waals surface area contributed by atoms with Crippen LogP contribution in [0.2, 0.25) is 5.02 Å². The van der Waals surface area contributed by atoms with E-state index in [0.29, 0.717) is 21.7 Å². The summed E-state index contributed by atoms with van der Waals surface area (Å²) < 4.78 is 39.3. The molecule has 4 aromatic rings. The first-order valence-corrected chi connectivity index (χ1v) is 14.6. The van der Waals surface area contributed by atoms with E-state index in [2.05, 4.69) is 16.0 Å². The molecule has 1 atom stereocenters. The Morgan fingerprint density at radius 3 is 2.30 bits per heavy atom. The van der Waals surface area contributed by atoms with Crippen molar-refractivity contribution in [3.8, 4) is 0 Å². The Morgan fingerprint density at radius 1 is 0.864 bits per heavy atom. The van der Waals surface area contributed by atoms with E-state index in [1.165, 1.54) is 0 Å². The zero-order chi connectivity index (χ0) is 31.9. The number of aryl methyl sites for hydroxylation is 1. The van der Waals surface area contributed by atoms with Crippen molar-refractivity contribution in [2.45, 2.75) is 30.2 Å². The molecule has 3 amide bonds. The van der Waals surface area contributed by atoms with Crippen LogP contribution in [0.3, 0.4) is 0 Å². The van der Waals surface area contributed by atoms with Gasteiger partial charge < -0.3 is 16.0 Å². The zero-order valence-electron chi connectivity index (χ0n) is 23.5. The summed E-state index contributed by atoms with van der Waals surface area (Å²) in [5.74, 6) is -1.58. The summed E-state index contributed by atoms with van der Waals surface area (Å²) in [5.41, 5.74) is 1.42. The summed E-state index contributed by atoms with van der Waals surface area (Å²) in [6.45, 7) is 3.51. The highest BCUT2D eigenvalue weighted by Gasteiger charge is 2.31. The average Bonchev–Trinajstić information content (AvgIpc) is 2.98. The van der Waals surface area contributed by atoms with Gasteiger partial charge in [0.25, 0.3) is 11.8 Å². The summed E-state index contributed by atoms with van der Waals surface area (Å²) in [5, 5.41) is 7.18. The third kappa shape index (κ3) is 8.98. The fourth-order valence-corrected chi connectivity index (χ4v) is 5.10. The van der Waals surface area contributed by atoms with Crippen molar-refractivity contribution in [2.24, 2.45) is 0 Å². The number of nitrogens with one attached hydrogen (secondary N) is 3. The number of thioether (sulfide) groups is 1. The number of rotatable bonds is 9. The zero-order valence-corrected chi connectivity index (χ0v) is 25.1. The summed E-state index contributed by atoms with van der Waals surface area (Å²) >= 11 is 7.15. The molecule has 0 saturated heterocycles. The van der Waals surface area contributed by atoms with Gasteiger partial charge in [0.2, 0.25) is 5.91 Å². The fraction of sp³-hybridized carbons (Fsp3) is 0.121. The largest absolute Gasteiger partial charge is 0.416 e. The standard InChI is InChI=1S/C33H27ClF3N3O3S/c1-20-8-6-9-22(16-20)17-29(40-31(42)23-10-4-3-5-11-23)32(43)38-25-12-7-13-26(19-25)44-21(2)30(41)39-28-18-24(33(35,36)37)14-15-27(28)34/h3-19,21H,1-2H3,(H,38,43)(H,39,41)(H,40,42)/b29-17+. The molecule has 11 heteroatoms. The fourth-order valence-electron chi connectivity index (χ4n) is 4.00. The van der Waals surface area contributed by atoms with Crippen molar-refractivity contribution in [1.82, 2.24) is 5.32 Å². The molecule has 0 saturated carbocycles. The van der Waals surface area contributed by atoms with Crippen LogP contribution in [0.25, 0.3) is 6.08 Å². The molecule has 0 radical (unpaired) electrons. The van der Waals surface area contributed by atoms with Crippen molar-refractivity contribution in [2.75, 3.05) is 10.6 Å². The Hall–Kier alpha value is -4.54. The van der Waals surface area contributed by atoms with E-state index in [4.69, 9.17) is 11.6 Å². The summed E-state index contributed by atoms with van der Waals surface area (Å²) in [4.78, 5) is 39.7. The van der Waals surface area contributed by atoms with Crippen molar-refractivity contribution >= 4 is 58.5 Å². The number of carbonyl (C=O) groups excluding carboxylic acids is 3. The molecule has 4 rings (SSSR count). The van der Waals surface area contributed by atoms with Crippen LogP contribution in [0.4, 0.5) is 24.5 Å². The van der Waals surface area contributed by atoms with E-state index in [1.54, 1.807) is 67.6 Å². The number of halogens is 4. The maximum atomic E-state index is 13.4. The molecule has 0 aromatic heterocycles. The number of hydrogen-bond acceptors (Lipinski definition) is 4. The molecule has 3 N–H and O–H groups in total. The second-order valence-corrected chi connectivity index (χ2v) is 11.5. The number of amides is 3. The third-order valence-corrected chi connectivity index (χ3v) is 7.63. The molecule has 0 aliphatic rings. The van der Waals surface area contributed by atoms with Crippen LogP contribution in [0, 0.1) is 6.92 Å². The van der Waals surface area contributed by atoms with E-state index in [1.807, 2.05) is 31.2 Å². The molecule has 0 aliphatic carbocycles. The summed E-state index contributed by atoms with van der Waals surface area (Å²) in [6.07, 6.45) is -3.01. The van der Waals surface area contributed by atoms with Crippen LogP contribution in [0.15, 0.2) is 108 Å². The van der Waals surface area contributed by atoms with Gasteiger partial charge in [-0.05, 0) is 74.0 Å². The van der Waals surface area contributed by atoms with Crippen molar-refractivity contribution in [3.63, 3.8) is 0 Å². The SMILES string of the molecule is Cc1cccc(/C=C(/NC(=O)c2ccccc2)C(=O)Nc2cccc(SC(C)C(=O)Nc3cc(C(F)(F)F)ccc3Cl)c2)c1. The lowest BCUT2D eigenvalue weighted by Gasteiger charge is -2.15. The van der Waals surface area contributed by atoms with Crippen molar-refractivity contribution < 1.29 is 27.6 Å². The lowest BCUT2D eigenvalue weighted by atomic mass is 10.1. The highest BCUT2D eigenvalue weighted by atomic mass is 35.5. The number of hydrogen-bond donors (Lipinski definition) is 3. The Morgan fingerprint density at radius 2 is 1.59 bits per heavy atom. The molecule has 0 aliphatic heterocycles. The smallest absolute Gasteiger partial charge is 0.324 e. The first kappa shape index (κ1) is 32.4. The highest BCUT2D eigenvalue weighted by molar-refractivity contribution is 8.00. The van der Waals surface area contributed by atoms with Crippen molar-refractivity contribution in [3.05, 3.63) is 130 Å². The highest BCUT2D eigenvalue weighted by Crippen LogP contribution is 2.34. The topological polar surface area (TPSA) is 87.3 Å². The van der Waals surface area contributed by atoms with Gasteiger partial charge in [0.15, 0.2) is 0 Å². The van der Waals surface area contributed by atoms with E-state index in [9.17, 15) is 27.6 Å². The lowest BCUT2D eigenvalue weighted by molar-refractivity contribution is -0.137. The predicted molar refractivity (Wildman–Crippen MR) is 169 cm³/mol. The van der Waals surface area contributed by atoms with Crippen LogP contribution in [0.1, 0.15) is 34.0 Å². The van der Waals surface area contributed by atoms with Gasteiger partial charge in [-0.3, -0.25) is 14.4 Å². The molecule has 44 heavy (non-hydrogen) atoms. The van der Waals surface area contributed by atoms with Gasteiger partial charge in [-0.2, -0.15) is 13.2 Å². The Kier molecular flexibility index (Phi) is 10.5. The predicted octanol–water partition coefficient (Wildman–Crippen LogP) is 8.20. The minimum absolute atomic E-state index is 0.0215. The van der Waals surface area contributed by atoms with Gasteiger partial charge in [-0.1, -0.05) is 65.7 Å². The monoisotopic (exact) mass is 637 g/mol. The van der Waals surface area contributed by atoms with Gasteiger partial charge in [-0.25, -0.2) is 0 Å². The van der Waals surface area contributed by atoms with Crippen molar-refractivity contribution in [1.29, 1.82) is 0 Å². The molecule has 4 aromatic carbocycles. The Labute approximate surface area is 261 Å². The first-order valence-electron chi connectivity index (χ1n) is 13.3. The number of anilines is 2. The number of carbonyl (C=O) groups is 3. The van der Waals surface area contributed by atoms with Crippen LogP contribution >= 0.6 is 23.4 Å². The second-order valence-electron chi connectivity index (χ2n) is 9.72. The van der Waals surface area contributed by atoms with Gasteiger partial charge >= 0.3 is 6.18 Å². The van der Waals surface area contributed by atoms with Gasteiger partial charge in [-0.15, -0.1) is 11.8 Å². The van der Waals surface area contributed by atoms with Crippen LogP contribution in [-0.2, 0) is 15.8 Å². The minimum atomic E-state index is -4.59. The third-order valence-electron chi connectivity index (χ3n) is 6.21. The van der Waals surface area contributed by atoms with Gasteiger partial charge in [0, 0.05) is 16.1 Å². The number of benzene rings is 4. The molecule has 1 unspecified atom stereocenters. The van der Waals surface area contributed by atoms with Crippen LogP contribution < -0.4 is 16.0 Å². The summed E-state index contributed by atoms with van der Waals surface area (Å²) in [6, 6.07) is 25.3. The lowest BCUT2D eigenvalue weighted by Crippen LogP contribution is -2.30. The van der Waals surface area contributed by atoms with E-state index in [-0.39, 0.29) is 16.4 Å². The van der Waals surface area contributed by atoms with Crippen LogP contribution in [0.5, 0.6) is 0 Å². The number of alkyl halides is 3. The van der Waals surface area contributed by atoms with E-state index < -0.39 is 34.7 Å². The van der Waals surface area contributed by atoms with Crippen LogP contribution in [-0.4, -0.2) is 23.0 Å². The molecular weight excluding hydrogens is 611 g/mol. The second kappa shape index (κ2) is 14.3. The quantitative estimate of drug-likeness (QED) is 0.128. The summed E-state index contributed by atoms with van der Waals surface area (Å²) in [7, 11) is 0. The molecular formula is C33H27ClF3N3O3S. The van der Waals surface area contributed by atoms with E-state index in [0.717, 1.165) is 35.5 Å². The maximum Gasteiger partial charge on any atom is 0.416 e. The first-order chi connectivity index (χ1) is 20.9. The average molecular weight is 638 g/mol. The molecule has 0 heterocycles. The van der Waals surface area contributed by atoms with Gasteiger partial charge in [0.05, 0.1) is 21.5 Å². The van der Waals surface area contributed by atoms with Gasteiger partial charge in [0.1, 0.15) is 5.70 Å². The normalized spacial score (nSPS) is 12.3. The molecule has 6 nitrogen and oxygen atoms in total. The molecule has 0 spiro atoms. The minimum Gasteiger partial charge on any atom is -0.324 e. The Bertz CT molecular complexity index is 1710. The maximum absolute atomic E-state index is 13.4. The molecule has 0 fully saturated rings. The Balaban J connectivity index is 1.48. The van der Waals surface area contributed by atoms with E-state index >= 15 is 0 Å². The molecule has 0 bridgehead atoms.